The lowest BCUT2D eigenvalue weighted by Crippen LogP contribution is -2.16. The SMILES string of the molecule is CCn1c(SCc2ccc(I)cc2)n[nH]c1=O. The molecule has 2 rings (SSSR count). The van der Waals surface area contributed by atoms with E-state index in [4.69, 9.17) is 0 Å². The van der Waals surface area contributed by atoms with E-state index in [9.17, 15) is 4.79 Å². The number of aromatic amines is 1. The van der Waals surface area contributed by atoms with Gasteiger partial charge >= 0.3 is 5.69 Å². The highest BCUT2D eigenvalue weighted by atomic mass is 127. The van der Waals surface area contributed by atoms with E-state index in [2.05, 4.69) is 57.1 Å². The molecule has 0 aliphatic rings. The van der Waals surface area contributed by atoms with Crippen LogP contribution >= 0.6 is 34.4 Å². The molecule has 0 fully saturated rings. The van der Waals surface area contributed by atoms with Crippen molar-refractivity contribution >= 4 is 34.4 Å². The van der Waals surface area contributed by atoms with Crippen LogP contribution in [0.5, 0.6) is 0 Å². The standard InChI is InChI=1S/C11H12IN3OS/c1-2-15-10(16)13-14-11(15)17-7-8-3-5-9(12)6-4-8/h3-6H,2,7H2,1H3,(H,13,16). The van der Waals surface area contributed by atoms with Crippen LogP contribution < -0.4 is 5.69 Å². The Morgan fingerprint density at radius 3 is 2.76 bits per heavy atom. The maximum Gasteiger partial charge on any atom is 0.343 e. The lowest BCUT2D eigenvalue weighted by Gasteiger charge is -2.02. The first kappa shape index (κ1) is 12.7. The molecule has 90 valence electrons. The second-order valence-electron chi connectivity index (χ2n) is 3.47. The summed E-state index contributed by atoms with van der Waals surface area (Å²) >= 11 is 3.85. The van der Waals surface area contributed by atoms with Crippen LogP contribution in [-0.2, 0) is 12.3 Å². The molecule has 0 aliphatic carbocycles. The number of hydrogen-bond acceptors (Lipinski definition) is 3. The predicted octanol–water partition coefficient (Wildman–Crippen LogP) is 2.49. The molecule has 0 amide bonds. The molecule has 0 bridgehead atoms. The van der Waals surface area contributed by atoms with E-state index in [1.165, 1.54) is 9.13 Å². The fourth-order valence-corrected chi connectivity index (χ4v) is 2.75. The smallest absolute Gasteiger partial charge is 0.270 e. The van der Waals surface area contributed by atoms with Crippen molar-refractivity contribution in [2.75, 3.05) is 0 Å². The normalized spacial score (nSPS) is 10.7. The average molecular weight is 361 g/mol. The van der Waals surface area contributed by atoms with Gasteiger partial charge in [-0.25, -0.2) is 9.89 Å². The molecule has 1 aromatic carbocycles. The first-order valence-electron chi connectivity index (χ1n) is 5.23. The zero-order chi connectivity index (χ0) is 12.3. The van der Waals surface area contributed by atoms with Gasteiger partial charge in [-0.15, -0.1) is 5.10 Å². The van der Waals surface area contributed by atoms with Crippen molar-refractivity contribution in [3.8, 4) is 0 Å². The quantitative estimate of drug-likeness (QED) is 0.673. The highest BCUT2D eigenvalue weighted by Gasteiger charge is 2.06. The summed E-state index contributed by atoms with van der Waals surface area (Å²) in [6.07, 6.45) is 0. The van der Waals surface area contributed by atoms with Gasteiger partial charge in [-0.1, -0.05) is 23.9 Å². The molecule has 1 aromatic heterocycles. The number of benzene rings is 1. The lowest BCUT2D eigenvalue weighted by molar-refractivity contribution is 0.660. The molecule has 0 radical (unpaired) electrons. The summed E-state index contributed by atoms with van der Waals surface area (Å²) < 4.78 is 2.86. The number of nitrogens with zero attached hydrogens (tertiary/aromatic N) is 2. The number of nitrogens with one attached hydrogen (secondary N) is 1. The van der Waals surface area contributed by atoms with Gasteiger partial charge in [0.05, 0.1) is 0 Å². The number of rotatable bonds is 4. The molecule has 4 nitrogen and oxygen atoms in total. The molecule has 17 heavy (non-hydrogen) atoms. The molecule has 0 aliphatic heterocycles. The molecular weight excluding hydrogens is 349 g/mol. The Balaban J connectivity index is 2.07. The lowest BCUT2D eigenvalue weighted by atomic mass is 10.2. The van der Waals surface area contributed by atoms with Gasteiger partial charge in [0.1, 0.15) is 0 Å². The second kappa shape index (κ2) is 5.72. The number of hydrogen-bond donors (Lipinski definition) is 1. The molecule has 0 spiro atoms. The van der Waals surface area contributed by atoms with Crippen LogP contribution in [0.15, 0.2) is 34.2 Å². The van der Waals surface area contributed by atoms with Gasteiger partial charge in [-0.05, 0) is 47.2 Å². The van der Waals surface area contributed by atoms with E-state index < -0.39 is 0 Å². The zero-order valence-corrected chi connectivity index (χ0v) is 12.3. The highest BCUT2D eigenvalue weighted by Crippen LogP contribution is 2.20. The molecule has 6 heteroatoms. The summed E-state index contributed by atoms with van der Waals surface area (Å²) in [5.41, 5.74) is 1.09. The fourth-order valence-electron chi connectivity index (χ4n) is 1.42. The topological polar surface area (TPSA) is 50.7 Å². The number of H-pyrrole nitrogens is 1. The third-order valence-corrected chi connectivity index (χ3v) is 4.09. The van der Waals surface area contributed by atoms with Crippen molar-refractivity contribution in [2.24, 2.45) is 0 Å². The fraction of sp³-hybridized carbons (Fsp3) is 0.273. The molecule has 1 heterocycles. The monoisotopic (exact) mass is 361 g/mol. The van der Waals surface area contributed by atoms with Gasteiger partial charge < -0.3 is 0 Å². The number of halogens is 1. The van der Waals surface area contributed by atoms with E-state index in [0.29, 0.717) is 6.54 Å². The first-order valence-corrected chi connectivity index (χ1v) is 7.29. The summed E-state index contributed by atoms with van der Waals surface area (Å²) in [5, 5.41) is 7.22. The summed E-state index contributed by atoms with van der Waals surface area (Å²) in [6, 6.07) is 8.34. The molecule has 0 atom stereocenters. The van der Waals surface area contributed by atoms with Crippen molar-refractivity contribution in [1.82, 2.24) is 14.8 Å². The van der Waals surface area contributed by atoms with E-state index in [0.717, 1.165) is 10.9 Å². The van der Waals surface area contributed by atoms with E-state index >= 15 is 0 Å². The van der Waals surface area contributed by atoms with Crippen LogP contribution in [-0.4, -0.2) is 14.8 Å². The van der Waals surface area contributed by atoms with Gasteiger partial charge in [-0.3, -0.25) is 4.57 Å². The van der Waals surface area contributed by atoms with E-state index in [1.807, 2.05) is 6.92 Å². The maximum atomic E-state index is 11.4. The van der Waals surface area contributed by atoms with Gasteiger partial charge in [0.2, 0.25) is 0 Å². The molecular formula is C11H12IN3OS. The van der Waals surface area contributed by atoms with Crippen molar-refractivity contribution in [3.05, 3.63) is 43.9 Å². The summed E-state index contributed by atoms with van der Waals surface area (Å²) in [5.74, 6) is 0.821. The largest absolute Gasteiger partial charge is 0.343 e. The average Bonchev–Trinajstić information content (AvgIpc) is 2.69. The minimum atomic E-state index is -0.141. The summed E-state index contributed by atoms with van der Waals surface area (Å²) in [7, 11) is 0. The van der Waals surface area contributed by atoms with Gasteiger partial charge in [0.25, 0.3) is 0 Å². The van der Waals surface area contributed by atoms with Crippen molar-refractivity contribution in [1.29, 1.82) is 0 Å². The van der Waals surface area contributed by atoms with Crippen LogP contribution in [0.25, 0.3) is 0 Å². The Morgan fingerprint density at radius 1 is 1.41 bits per heavy atom. The van der Waals surface area contributed by atoms with E-state index in [1.54, 1.807) is 16.3 Å². The molecule has 1 N–H and O–H groups in total. The van der Waals surface area contributed by atoms with Gasteiger partial charge in [0.15, 0.2) is 5.16 Å². The van der Waals surface area contributed by atoms with Crippen LogP contribution in [0.2, 0.25) is 0 Å². The third kappa shape index (κ3) is 3.12. The Hall–Kier alpha value is -0.760. The highest BCUT2D eigenvalue weighted by molar-refractivity contribution is 14.1. The van der Waals surface area contributed by atoms with Crippen LogP contribution in [0, 0.1) is 3.57 Å². The predicted molar refractivity (Wildman–Crippen MR) is 77.2 cm³/mol. The Kier molecular flexibility index (Phi) is 4.27. The number of thioether (sulfide) groups is 1. The van der Waals surface area contributed by atoms with Crippen LogP contribution in [0.1, 0.15) is 12.5 Å². The minimum Gasteiger partial charge on any atom is -0.270 e. The molecule has 0 saturated carbocycles. The summed E-state index contributed by atoms with van der Waals surface area (Å²) in [4.78, 5) is 11.4. The van der Waals surface area contributed by atoms with E-state index in [-0.39, 0.29) is 5.69 Å². The third-order valence-electron chi connectivity index (χ3n) is 2.32. The molecule has 2 aromatic rings. The maximum absolute atomic E-state index is 11.4. The number of aromatic nitrogens is 3. The second-order valence-corrected chi connectivity index (χ2v) is 5.66. The van der Waals surface area contributed by atoms with Crippen LogP contribution in [0.4, 0.5) is 0 Å². The van der Waals surface area contributed by atoms with Crippen LogP contribution in [0.3, 0.4) is 0 Å². The minimum absolute atomic E-state index is 0.141. The Morgan fingerprint density at radius 2 is 2.12 bits per heavy atom. The van der Waals surface area contributed by atoms with Gasteiger partial charge in [-0.2, -0.15) is 0 Å². The Labute approximate surface area is 117 Å². The zero-order valence-electron chi connectivity index (χ0n) is 9.31. The van der Waals surface area contributed by atoms with Gasteiger partial charge in [0, 0.05) is 15.9 Å². The summed E-state index contributed by atoms with van der Waals surface area (Å²) in [6.45, 7) is 2.58. The molecule has 0 unspecified atom stereocenters. The van der Waals surface area contributed by atoms with Crippen molar-refractivity contribution in [3.63, 3.8) is 0 Å². The van der Waals surface area contributed by atoms with Crippen molar-refractivity contribution in [2.45, 2.75) is 24.4 Å². The Bertz CT molecular complexity index is 547. The molecule has 0 saturated heterocycles. The van der Waals surface area contributed by atoms with Crippen molar-refractivity contribution < 1.29 is 0 Å². The first-order chi connectivity index (χ1) is 8.20.